The second kappa shape index (κ2) is 13.3. The zero-order valence-corrected chi connectivity index (χ0v) is 30.8. The van der Waals surface area contributed by atoms with Crippen LogP contribution in [0, 0.1) is 54.8 Å². The quantitative estimate of drug-likeness (QED) is 0.254. The maximum absolute atomic E-state index is 11.8. The van der Waals surface area contributed by atoms with Crippen LogP contribution in [0.4, 0.5) is 0 Å². The van der Waals surface area contributed by atoms with Crippen LogP contribution in [0.5, 0.6) is 5.75 Å². The molecule has 0 aromatic heterocycles. The molecule has 1 saturated carbocycles. The first-order valence-corrected chi connectivity index (χ1v) is 18.9. The van der Waals surface area contributed by atoms with Gasteiger partial charge in [0.15, 0.2) is 0 Å². The van der Waals surface area contributed by atoms with Crippen molar-refractivity contribution in [2.45, 2.75) is 88.5 Å². The number of fused-ring (bicyclic) bond motifs is 3. The molecule has 1 fully saturated rings. The van der Waals surface area contributed by atoms with E-state index in [1.54, 1.807) is 0 Å². The average molecular weight is 633 g/mol. The molecule has 4 rings (SSSR count). The third kappa shape index (κ3) is 7.76. The van der Waals surface area contributed by atoms with Gasteiger partial charge in [0, 0.05) is 11.1 Å². The Morgan fingerprint density at radius 3 is 1.49 bits per heavy atom. The van der Waals surface area contributed by atoms with Crippen LogP contribution >= 0.6 is 18.6 Å². The molecule has 4 unspecified atom stereocenters. The number of hydrogen-bond acceptors (Lipinski definition) is 1. The Morgan fingerprint density at radius 1 is 0.732 bits per heavy atom. The summed E-state index contributed by atoms with van der Waals surface area (Å²) in [5, 5.41) is 11.8. The number of rotatable bonds is 2. The molecule has 1 aromatic carbocycles. The van der Waals surface area contributed by atoms with Gasteiger partial charge in [-0.1, -0.05) is 110 Å². The minimum atomic E-state index is -0.556. The summed E-state index contributed by atoms with van der Waals surface area (Å²) in [6.07, 6.45) is 15.0. The Kier molecular flexibility index (Phi) is 11.8. The molecule has 4 heteroatoms. The zero-order chi connectivity index (χ0) is 30.4. The number of hydrogen-bond donors (Lipinski definition) is 1. The van der Waals surface area contributed by atoms with E-state index in [1.807, 2.05) is 0 Å². The summed E-state index contributed by atoms with van der Waals surface area (Å²) in [7, 11) is 9.78. The molecule has 0 saturated heterocycles. The van der Waals surface area contributed by atoms with E-state index in [2.05, 4.69) is 132 Å². The van der Waals surface area contributed by atoms with Gasteiger partial charge in [-0.15, -0.1) is 0 Å². The predicted octanol–water partition coefficient (Wildman–Crippen LogP) is 11.8. The Bertz CT molecular complexity index is 1200. The molecule has 0 aliphatic heterocycles. The molecule has 0 bridgehead atoms. The molecule has 1 aromatic rings. The first kappa shape index (κ1) is 36.2. The fourth-order valence-electron chi connectivity index (χ4n) is 6.87. The summed E-state index contributed by atoms with van der Waals surface area (Å²) in [6, 6.07) is 4.40. The van der Waals surface area contributed by atoms with Crippen LogP contribution in [0.15, 0.2) is 65.3 Å². The maximum atomic E-state index is 11.8. The van der Waals surface area contributed by atoms with Crippen molar-refractivity contribution in [2.24, 2.45) is 40.4 Å². The summed E-state index contributed by atoms with van der Waals surface area (Å²) in [5.41, 5.74) is 8.89. The van der Waals surface area contributed by atoms with Crippen LogP contribution in [0.2, 0.25) is 0 Å². The molecule has 41 heavy (non-hydrogen) atoms. The van der Waals surface area contributed by atoms with Gasteiger partial charge >= 0.3 is 35.6 Å². The molecule has 226 valence electrons. The van der Waals surface area contributed by atoms with Crippen molar-refractivity contribution in [3.63, 3.8) is 0 Å². The second-order valence-electron chi connectivity index (χ2n) is 15.2. The average Bonchev–Trinajstić information content (AvgIpc) is 3.13. The fourth-order valence-corrected chi connectivity index (χ4v) is 6.87. The van der Waals surface area contributed by atoms with Gasteiger partial charge in [-0.2, -0.15) is 0 Å². The number of phenolic OH excluding ortho intramolecular Hbond substituents is 1. The van der Waals surface area contributed by atoms with Gasteiger partial charge in [0.25, 0.3) is 0 Å². The van der Waals surface area contributed by atoms with E-state index < -0.39 is 17.0 Å². The van der Waals surface area contributed by atoms with Gasteiger partial charge in [-0.25, -0.2) is 0 Å². The van der Waals surface area contributed by atoms with Gasteiger partial charge in [-0.05, 0) is 95.0 Å². The third-order valence-corrected chi connectivity index (χ3v) is 8.86. The van der Waals surface area contributed by atoms with Crippen LogP contribution in [-0.4, -0.2) is 5.11 Å². The molecule has 1 N–H and O–H groups in total. The van der Waals surface area contributed by atoms with E-state index in [0.717, 1.165) is 11.1 Å². The molecule has 0 spiro atoms. The van der Waals surface area contributed by atoms with Gasteiger partial charge in [0.05, 0.1) is 0 Å². The van der Waals surface area contributed by atoms with Gasteiger partial charge in [-0.3, -0.25) is 0 Å². The van der Waals surface area contributed by atoms with E-state index in [-0.39, 0.29) is 23.7 Å². The van der Waals surface area contributed by atoms with E-state index in [9.17, 15) is 5.11 Å². The SMILES string of the molecule is CC(C)=C(c1cc(C)cc(C(C)(C)C)c1O)C1C2C=C(C(C)(C)C)C=CC2C2C=CC(C(C)(C)C)=CC21.[CH3-].[Cl][Ti][Cl]. The second-order valence-corrected chi connectivity index (χ2v) is 17.8. The van der Waals surface area contributed by atoms with Crippen LogP contribution in [0.1, 0.15) is 92.9 Å². The normalized spacial score (nSPS) is 25.1. The van der Waals surface area contributed by atoms with Crippen LogP contribution < -0.4 is 0 Å². The van der Waals surface area contributed by atoms with Crippen LogP contribution in [0.3, 0.4) is 0 Å². The molecule has 0 amide bonds. The first-order valence-electron chi connectivity index (χ1n) is 14.6. The monoisotopic (exact) mass is 631 g/mol. The number of phenols is 1. The molecule has 3 aliphatic carbocycles. The summed E-state index contributed by atoms with van der Waals surface area (Å²) >= 11 is -0.556. The van der Waals surface area contributed by atoms with Crippen molar-refractivity contribution in [3.05, 3.63) is 89.4 Å². The number of halogens is 2. The number of aryl methyl sites for hydroxylation is 1. The Labute approximate surface area is 269 Å². The number of allylic oxidation sites excluding steroid dienone is 10. The van der Waals surface area contributed by atoms with Crippen molar-refractivity contribution in [2.75, 3.05) is 0 Å². The van der Waals surface area contributed by atoms with Crippen molar-refractivity contribution in [1.29, 1.82) is 0 Å². The Balaban J connectivity index is 0.00000141. The number of aromatic hydroxyl groups is 1. The molecule has 4 atom stereocenters. The van der Waals surface area contributed by atoms with Gasteiger partial charge in [0.1, 0.15) is 5.75 Å². The van der Waals surface area contributed by atoms with E-state index >= 15 is 0 Å². The van der Waals surface area contributed by atoms with Crippen molar-refractivity contribution in [3.8, 4) is 5.75 Å². The molecule has 0 radical (unpaired) electrons. The summed E-state index contributed by atoms with van der Waals surface area (Å²) < 4.78 is 0. The van der Waals surface area contributed by atoms with Crippen LogP contribution in [-0.2, 0) is 22.4 Å². The summed E-state index contributed by atoms with van der Waals surface area (Å²) in [5.74, 6) is 2.52. The molecule has 0 heterocycles. The van der Waals surface area contributed by atoms with Gasteiger partial charge < -0.3 is 12.5 Å². The molecule has 1 nitrogen and oxygen atoms in total. The predicted molar refractivity (Wildman–Crippen MR) is 179 cm³/mol. The van der Waals surface area contributed by atoms with Crippen molar-refractivity contribution >= 4 is 24.2 Å². The van der Waals surface area contributed by atoms with Gasteiger partial charge in [0.2, 0.25) is 0 Å². The zero-order valence-electron chi connectivity index (χ0n) is 27.7. The standard InChI is InChI=1S/C36H50O.CH3.2ClH.Ti/c1-21(2)31(29-17-22(3)18-30(33(29)37)36(10,11)12)32-27-19-23(34(4,5)6)13-15-25(27)26-16-14-24(20-28(26)32)35(7,8)9;;;;/h13-20,25-28,32,37H,1-12H3;1H3;2*1H;/q;-1;;;+2/p-2. The molecular weight excluding hydrogens is 579 g/mol. The fraction of sp³-hybridized carbons (Fsp3) is 0.541. The topological polar surface area (TPSA) is 20.2 Å². The third-order valence-electron chi connectivity index (χ3n) is 8.86. The van der Waals surface area contributed by atoms with Crippen molar-refractivity contribution < 1.29 is 22.1 Å². The van der Waals surface area contributed by atoms with E-state index in [1.165, 1.54) is 27.9 Å². The number of benzene rings is 1. The first-order chi connectivity index (χ1) is 18.3. The molecule has 3 aliphatic rings. The van der Waals surface area contributed by atoms with E-state index in [0.29, 0.717) is 35.3 Å². The summed E-state index contributed by atoms with van der Waals surface area (Å²) in [4.78, 5) is 0. The van der Waals surface area contributed by atoms with Crippen molar-refractivity contribution in [1.82, 2.24) is 0 Å². The molecular formula is C37H53Cl2OTi-. The van der Waals surface area contributed by atoms with E-state index in [4.69, 9.17) is 18.6 Å². The minimum absolute atomic E-state index is 0. The van der Waals surface area contributed by atoms with Crippen LogP contribution in [0.25, 0.3) is 5.57 Å². The Morgan fingerprint density at radius 2 is 1.15 bits per heavy atom. The summed E-state index contributed by atoms with van der Waals surface area (Å²) in [6.45, 7) is 27.2. The Hall–Kier alpha value is -0.986.